The Morgan fingerprint density at radius 2 is 1.15 bits per heavy atom. The maximum atomic E-state index is 7.21. The molecule has 9 aromatic carbocycles. The normalized spacial score (nSPS) is 14.6. The van der Waals surface area contributed by atoms with E-state index in [1.54, 1.807) is 0 Å². The van der Waals surface area contributed by atoms with Crippen LogP contribution < -0.4 is 20.0 Å². The number of benzene rings is 9. The second-order valence-electron chi connectivity index (χ2n) is 19.5. The average molecular weight is 861 g/mol. The van der Waals surface area contributed by atoms with Gasteiger partial charge in [-0.2, -0.15) is 0 Å². The summed E-state index contributed by atoms with van der Waals surface area (Å²) in [6.45, 7) is 6.80. The zero-order valence-electron chi connectivity index (χ0n) is 36.8. The van der Waals surface area contributed by atoms with Crippen molar-refractivity contribution in [3.05, 3.63) is 222 Å². The predicted molar refractivity (Wildman–Crippen MR) is 278 cm³/mol. The lowest BCUT2D eigenvalue weighted by atomic mass is 9.45. The highest BCUT2D eigenvalue weighted by Crippen LogP contribution is 2.65. The summed E-state index contributed by atoms with van der Waals surface area (Å²) >= 11 is 1.94. The van der Waals surface area contributed by atoms with Gasteiger partial charge in [-0.05, 0) is 91.8 Å². The molecule has 0 fully saturated rings. The zero-order chi connectivity index (χ0) is 43.6. The number of hydrogen-bond donors (Lipinski definition) is 0. The van der Waals surface area contributed by atoms with Gasteiger partial charge in [0.05, 0.1) is 16.8 Å². The lowest BCUT2D eigenvalue weighted by molar-refractivity contribution is 0.590. The fraction of sp³-hybridized carbons (Fsp3) is 0.0820. The maximum absolute atomic E-state index is 7.21. The number of nitrogens with zero attached hydrogens (tertiary/aromatic N) is 2. The van der Waals surface area contributed by atoms with E-state index < -0.39 is 5.41 Å². The molecule has 2 aromatic heterocycles. The topological polar surface area (TPSA) is 19.6 Å². The minimum atomic E-state index is -0.531. The number of rotatable bonds is 2. The second-order valence-corrected chi connectivity index (χ2v) is 20.6. The minimum absolute atomic E-state index is 0.0378. The molecule has 0 saturated heterocycles. The van der Waals surface area contributed by atoms with E-state index in [1.807, 2.05) is 11.3 Å². The molecule has 0 amide bonds. The maximum Gasteiger partial charge on any atom is 0.343 e. The van der Waals surface area contributed by atoms with Crippen LogP contribution in [0.5, 0.6) is 0 Å². The van der Waals surface area contributed by atoms with Crippen LogP contribution in [0.25, 0.3) is 65.4 Å². The fourth-order valence-electron chi connectivity index (χ4n) is 12.5. The smallest absolute Gasteiger partial charge is 0.343 e. The molecule has 5 heterocycles. The van der Waals surface area contributed by atoms with Crippen LogP contribution in [-0.4, -0.2) is 6.85 Å². The molecule has 0 radical (unpaired) electrons. The standard InChI is InChI=1S/C61H41BN2OS/c1-60(2,3)37-32-33-49(43(34-37)36-18-5-4-6-19-36)63-51-35-44-40-22-9-15-30-52(40)65-58(44)54-42-24-17-28-48-56(42)64(62(55(51)54)59-57(63)41-23-10-16-31-53(41)66-59)50-29-14-13-27-47(50)61(48)45-25-11-7-20-38(45)39-21-8-12-26-46(39)61/h4-35H,1-3H3. The number of furan rings is 1. The Balaban J connectivity index is 1.14. The van der Waals surface area contributed by atoms with Gasteiger partial charge in [-0.3, -0.25) is 0 Å². The predicted octanol–water partition coefficient (Wildman–Crippen LogP) is 15.1. The number of thiophene rings is 1. The van der Waals surface area contributed by atoms with Gasteiger partial charge in [-0.15, -0.1) is 11.3 Å². The van der Waals surface area contributed by atoms with Gasteiger partial charge < -0.3 is 14.1 Å². The van der Waals surface area contributed by atoms with Gasteiger partial charge in [0.2, 0.25) is 0 Å². The van der Waals surface area contributed by atoms with Crippen LogP contribution in [0.15, 0.2) is 199 Å². The van der Waals surface area contributed by atoms with Crippen molar-refractivity contribution in [2.45, 2.75) is 31.6 Å². The van der Waals surface area contributed by atoms with Gasteiger partial charge in [-0.25, -0.2) is 0 Å². The summed E-state index contributed by atoms with van der Waals surface area (Å²) in [6.07, 6.45) is 0. The Morgan fingerprint density at radius 1 is 0.500 bits per heavy atom. The molecule has 1 aliphatic carbocycles. The number of hydrogen-bond acceptors (Lipinski definition) is 4. The second kappa shape index (κ2) is 12.8. The van der Waals surface area contributed by atoms with Crippen LogP contribution in [0, 0.1) is 0 Å². The average Bonchev–Trinajstić information content (AvgIpc) is 4.02. The summed E-state index contributed by atoms with van der Waals surface area (Å²) in [7, 11) is 0. The highest BCUT2D eigenvalue weighted by Gasteiger charge is 2.57. The molecule has 0 N–H and O–H groups in total. The molecule has 15 rings (SSSR count). The molecule has 0 saturated carbocycles. The molecule has 3 nitrogen and oxygen atoms in total. The first kappa shape index (κ1) is 36.7. The van der Waals surface area contributed by atoms with Crippen molar-refractivity contribution in [1.82, 2.24) is 0 Å². The van der Waals surface area contributed by atoms with Gasteiger partial charge in [0.15, 0.2) is 0 Å². The highest BCUT2D eigenvalue weighted by molar-refractivity contribution is 7.32. The largest absolute Gasteiger partial charge is 0.455 e. The first-order valence-corrected chi connectivity index (χ1v) is 23.9. The summed E-state index contributed by atoms with van der Waals surface area (Å²) < 4.78 is 9.82. The first-order chi connectivity index (χ1) is 32.4. The van der Waals surface area contributed by atoms with Gasteiger partial charge in [-0.1, -0.05) is 178 Å². The van der Waals surface area contributed by atoms with Crippen LogP contribution in [0.2, 0.25) is 0 Å². The highest BCUT2D eigenvalue weighted by atomic mass is 32.1. The van der Waals surface area contributed by atoms with E-state index in [0.717, 1.165) is 21.9 Å². The molecule has 5 heteroatoms. The van der Waals surface area contributed by atoms with Crippen LogP contribution in [-0.2, 0) is 10.8 Å². The first-order valence-electron chi connectivity index (χ1n) is 23.1. The molecule has 0 bridgehead atoms. The van der Waals surface area contributed by atoms with Crippen molar-refractivity contribution in [2.24, 2.45) is 0 Å². The molecule has 310 valence electrons. The molecule has 1 spiro atoms. The Hall–Kier alpha value is -7.60. The Morgan fingerprint density at radius 3 is 1.94 bits per heavy atom. The van der Waals surface area contributed by atoms with E-state index in [-0.39, 0.29) is 12.3 Å². The molecule has 4 aliphatic rings. The number of anilines is 5. The number of fused-ring (bicyclic) bond motifs is 19. The third-order valence-corrected chi connectivity index (χ3v) is 16.4. The van der Waals surface area contributed by atoms with Crippen LogP contribution >= 0.6 is 11.3 Å². The molecule has 0 unspecified atom stereocenters. The van der Waals surface area contributed by atoms with E-state index in [4.69, 9.17) is 4.42 Å². The van der Waals surface area contributed by atoms with Gasteiger partial charge >= 0.3 is 6.85 Å². The molecular formula is C61H41BN2OS. The lowest BCUT2D eigenvalue weighted by Crippen LogP contribution is -2.62. The number of para-hydroxylation sites is 3. The SMILES string of the molecule is CC(C)(C)c1ccc(N2c3cc4c(oc5ccccc54)c4c3B(c3sc5ccccc5c32)N2c3ccccc3C3(c5ccccc5-c5ccccc53)c3cccc-4c32)c(-c2ccccc2)c1. The van der Waals surface area contributed by atoms with Gasteiger partial charge in [0, 0.05) is 59.4 Å². The monoisotopic (exact) mass is 860 g/mol. The lowest BCUT2D eigenvalue weighted by Gasteiger charge is -2.51. The fourth-order valence-corrected chi connectivity index (χ4v) is 13.8. The van der Waals surface area contributed by atoms with Crippen molar-refractivity contribution >= 4 is 88.9 Å². The molecule has 0 atom stereocenters. The quantitative estimate of drug-likeness (QED) is 0.161. The summed E-state index contributed by atoms with van der Waals surface area (Å²) in [4.78, 5) is 5.37. The molecule has 66 heavy (non-hydrogen) atoms. The Labute approximate surface area is 387 Å². The van der Waals surface area contributed by atoms with E-state index in [1.165, 1.54) is 110 Å². The van der Waals surface area contributed by atoms with Crippen LogP contribution in [0.1, 0.15) is 48.6 Å². The van der Waals surface area contributed by atoms with Gasteiger partial charge in [0.25, 0.3) is 0 Å². The van der Waals surface area contributed by atoms with E-state index in [9.17, 15) is 0 Å². The van der Waals surface area contributed by atoms with Crippen molar-refractivity contribution in [3.8, 4) is 33.4 Å². The minimum Gasteiger partial charge on any atom is -0.455 e. The zero-order valence-corrected chi connectivity index (χ0v) is 37.6. The van der Waals surface area contributed by atoms with E-state index >= 15 is 0 Å². The Kier molecular flexibility index (Phi) is 7.13. The Bertz CT molecular complexity index is 3860. The molecule has 3 aliphatic heterocycles. The van der Waals surface area contributed by atoms with Crippen molar-refractivity contribution in [2.75, 3.05) is 9.71 Å². The summed E-state index contributed by atoms with van der Waals surface area (Å²) in [5.74, 6) is 0. The third kappa shape index (κ3) is 4.49. The van der Waals surface area contributed by atoms with Crippen molar-refractivity contribution < 1.29 is 4.42 Å². The van der Waals surface area contributed by atoms with Crippen molar-refractivity contribution in [3.63, 3.8) is 0 Å². The van der Waals surface area contributed by atoms with Crippen LogP contribution in [0.3, 0.4) is 0 Å². The van der Waals surface area contributed by atoms with E-state index in [2.05, 4.69) is 225 Å². The molecular weight excluding hydrogens is 820 g/mol. The summed E-state index contributed by atoms with van der Waals surface area (Å²) in [6, 6.07) is 73.0. The summed E-state index contributed by atoms with van der Waals surface area (Å²) in [5, 5.41) is 3.52. The summed E-state index contributed by atoms with van der Waals surface area (Å²) in [5.41, 5.74) is 22.7. The third-order valence-electron chi connectivity index (χ3n) is 15.2. The van der Waals surface area contributed by atoms with E-state index in [0.29, 0.717) is 0 Å². The van der Waals surface area contributed by atoms with Crippen LogP contribution in [0.4, 0.5) is 28.4 Å². The van der Waals surface area contributed by atoms with Gasteiger partial charge in [0.1, 0.15) is 11.2 Å². The van der Waals surface area contributed by atoms with Crippen molar-refractivity contribution in [1.29, 1.82) is 0 Å². The molecule has 11 aromatic rings.